The maximum Gasteiger partial charge on any atom is 0.338 e. The molecule has 2 aromatic carbocycles. The molecule has 0 saturated heterocycles. The number of carbonyl (C=O) groups is 2. The van der Waals surface area contributed by atoms with Crippen LogP contribution in [0.3, 0.4) is 0 Å². The van der Waals surface area contributed by atoms with Crippen molar-refractivity contribution in [2.45, 2.75) is 96.8 Å². The Bertz CT molecular complexity index is 890. The van der Waals surface area contributed by atoms with Gasteiger partial charge in [0.2, 0.25) is 0 Å². The third kappa shape index (κ3) is 11.6. The van der Waals surface area contributed by atoms with Gasteiger partial charge in [0, 0.05) is 6.42 Å². The zero-order valence-corrected chi connectivity index (χ0v) is 23.0. The molecule has 4 nitrogen and oxygen atoms in total. The maximum atomic E-state index is 12.2. The van der Waals surface area contributed by atoms with Gasteiger partial charge in [-0.15, -0.1) is 11.6 Å². The Balaban J connectivity index is 1.68. The molecule has 5 heteroatoms. The molecule has 0 N–H and O–H groups in total. The standard InChI is InChI=1S/C31H43ClO4/c1-4-5-6-7-8-9-10-11-12-13-14-30(33)36-28-21-19-26(20-22-28)25-15-17-27(18-16-25)31(34)35-23-29(32)24(2)3/h15-22,24,29H,4-14,23H2,1-3H3. The van der Waals surface area contributed by atoms with E-state index < -0.39 is 0 Å². The van der Waals surface area contributed by atoms with Crippen molar-refractivity contribution in [3.8, 4) is 16.9 Å². The smallest absolute Gasteiger partial charge is 0.338 e. The van der Waals surface area contributed by atoms with Gasteiger partial charge >= 0.3 is 11.9 Å². The average molecular weight is 515 g/mol. The molecule has 0 aliphatic rings. The van der Waals surface area contributed by atoms with Crippen LogP contribution >= 0.6 is 11.6 Å². The van der Waals surface area contributed by atoms with Gasteiger partial charge in [0.1, 0.15) is 12.4 Å². The zero-order chi connectivity index (χ0) is 26.2. The monoisotopic (exact) mass is 514 g/mol. The highest BCUT2D eigenvalue weighted by Gasteiger charge is 2.14. The van der Waals surface area contributed by atoms with Gasteiger partial charge in [-0.25, -0.2) is 4.79 Å². The van der Waals surface area contributed by atoms with Crippen LogP contribution in [-0.4, -0.2) is 23.9 Å². The van der Waals surface area contributed by atoms with Gasteiger partial charge in [0.05, 0.1) is 10.9 Å². The molecule has 36 heavy (non-hydrogen) atoms. The number of esters is 2. The summed E-state index contributed by atoms with van der Waals surface area (Å²) in [6.45, 7) is 6.42. The first kappa shape index (κ1) is 29.9. The van der Waals surface area contributed by atoms with Gasteiger partial charge in [-0.1, -0.05) is 103 Å². The van der Waals surface area contributed by atoms with Gasteiger partial charge < -0.3 is 9.47 Å². The normalized spacial score (nSPS) is 11.9. The van der Waals surface area contributed by atoms with E-state index in [2.05, 4.69) is 6.92 Å². The van der Waals surface area contributed by atoms with Crippen LogP contribution in [-0.2, 0) is 9.53 Å². The molecule has 0 spiro atoms. The highest BCUT2D eigenvalue weighted by molar-refractivity contribution is 6.21. The van der Waals surface area contributed by atoms with E-state index in [9.17, 15) is 9.59 Å². The minimum Gasteiger partial charge on any atom is -0.461 e. The molecular weight excluding hydrogens is 472 g/mol. The molecule has 1 atom stereocenters. The summed E-state index contributed by atoms with van der Waals surface area (Å²) in [5, 5.41) is -0.198. The first-order valence-corrected chi connectivity index (χ1v) is 14.1. The summed E-state index contributed by atoms with van der Waals surface area (Å²) in [5.74, 6) is 0.236. The van der Waals surface area contributed by atoms with Crippen molar-refractivity contribution < 1.29 is 19.1 Å². The van der Waals surface area contributed by atoms with Crippen molar-refractivity contribution in [2.24, 2.45) is 5.92 Å². The molecule has 0 aliphatic heterocycles. The fourth-order valence-electron chi connectivity index (χ4n) is 3.88. The highest BCUT2D eigenvalue weighted by atomic mass is 35.5. The fourth-order valence-corrected chi connectivity index (χ4v) is 3.95. The second-order valence-electron chi connectivity index (χ2n) is 9.87. The summed E-state index contributed by atoms with van der Waals surface area (Å²) in [4.78, 5) is 24.4. The number of alkyl halides is 1. The van der Waals surface area contributed by atoms with Crippen LogP contribution in [0.2, 0.25) is 0 Å². The Morgan fingerprint density at radius 3 is 1.78 bits per heavy atom. The number of rotatable bonds is 17. The Morgan fingerprint density at radius 1 is 0.750 bits per heavy atom. The lowest BCUT2D eigenvalue weighted by Crippen LogP contribution is -2.18. The Kier molecular flexibility index (Phi) is 14.3. The molecule has 2 aromatic rings. The molecule has 2 rings (SSSR count). The van der Waals surface area contributed by atoms with Gasteiger partial charge in [-0.2, -0.15) is 0 Å². The van der Waals surface area contributed by atoms with Crippen LogP contribution in [0, 0.1) is 5.92 Å². The van der Waals surface area contributed by atoms with E-state index in [1.807, 2.05) is 38.1 Å². The van der Waals surface area contributed by atoms with E-state index in [1.54, 1.807) is 24.3 Å². The predicted molar refractivity (Wildman–Crippen MR) is 149 cm³/mol. The lowest BCUT2D eigenvalue weighted by molar-refractivity contribution is -0.134. The summed E-state index contributed by atoms with van der Waals surface area (Å²) in [6.07, 6.45) is 12.9. The van der Waals surface area contributed by atoms with Crippen molar-refractivity contribution in [3.63, 3.8) is 0 Å². The van der Waals surface area contributed by atoms with Crippen LogP contribution in [0.1, 0.15) is 102 Å². The van der Waals surface area contributed by atoms with Crippen molar-refractivity contribution >= 4 is 23.5 Å². The summed E-state index contributed by atoms with van der Waals surface area (Å²) >= 11 is 6.15. The number of ether oxygens (including phenoxy) is 2. The zero-order valence-electron chi connectivity index (χ0n) is 22.3. The third-order valence-corrected chi connectivity index (χ3v) is 7.00. The topological polar surface area (TPSA) is 52.6 Å². The molecule has 0 aromatic heterocycles. The summed E-state index contributed by atoms with van der Waals surface area (Å²) < 4.78 is 10.8. The number of halogens is 1. The minimum absolute atomic E-state index is 0.179. The summed E-state index contributed by atoms with van der Waals surface area (Å²) in [6, 6.07) is 14.7. The molecule has 0 saturated carbocycles. The second kappa shape index (κ2) is 17.2. The maximum absolute atomic E-state index is 12.2. The lowest BCUT2D eigenvalue weighted by Gasteiger charge is -2.13. The summed E-state index contributed by atoms with van der Waals surface area (Å²) in [5.41, 5.74) is 2.43. The van der Waals surface area contributed by atoms with E-state index in [0.29, 0.717) is 17.7 Å². The first-order valence-electron chi connectivity index (χ1n) is 13.6. The minimum atomic E-state index is -0.377. The SMILES string of the molecule is CCCCCCCCCCCCC(=O)Oc1ccc(-c2ccc(C(=O)OCC(Cl)C(C)C)cc2)cc1. The molecule has 0 aliphatic carbocycles. The number of unbranched alkanes of at least 4 members (excludes halogenated alkanes) is 9. The van der Waals surface area contributed by atoms with Crippen molar-refractivity contribution in [1.82, 2.24) is 0 Å². The molecular formula is C31H43ClO4. The molecule has 0 radical (unpaired) electrons. The number of benzene rings is 2. The van der Waals surface area contributed by atoms with Gasteiger partial charge in [-0.3, -0.25) is 4.79 Å². The van der Waals surface area contributed by atoms with Crippen LogP contribution in [0.5, 0.6) is 5.75 Å². The molecule has 1 unspecified atom stereocenters. The number of carbonyl (C=O) groups excluding carboxylic acids is 2. The average Bonchev–Trinajstić information content (AvgIpc) is 2.88. The quantitative estimate of drug-likeness (QED) is 0.0914. The lowest BCUT2D eigenvalue weighted by atomic mass is 10.0. The van der Waals surface area contributed by atoms with E-state index in [1.165, 1.54) is 51.4 Å². The van der Waals surface area contributed by atoms with E-state index in [-0.39, 0.29) is 29.8 Å². The molecule has 0 heterocycles. The third-order valence-electron chi connectivity index (χ3n) is 6.37. The first-order chi connectivity index (χ1) is 17.4. The fraction of sp³-hybridized carbons (Fsp3) is 0.548. The number of hydrogen-bond acceptors (Lipinski definition) is 4. The Hall–Kier alpha value is -2.33. The van der Waals surface area contributed by atoms with Crippen LogP contribution in [0.4, 0.5) is 0 Å². The van der Waals surface area contributed by atoms with Crippen molar-refractivity contribution in [2.75, 3.05) is 6.61 Å². The molecule has 0 fully saturated rings. The van der Waals surface area contributed by atoms with Gasteiger partial charge in [0.25, 0.3) is 0 Å². The second-order valence-corrected chi connectivity index (χ2v) is 10.4. The Labute approximate surface area is 222 Å². The summed E-state index contributed by atoms with van der Waals surface area (Å²) in [7, 11) is 0. The van der Waals surface area contributed by atoms with Gasteiger partial charge in [-0.05, 0) is 47.7 Å². The highest BCUT2D eigenvalue weighted by Crippen LogP contribution is 2.24. The van der Waals surface area contributed by atoms with Crippen LogP contribution < -0.4 is 4.74 Å². The van der Waals surface area contributed by atoms with Crippen LogP contribution in [0.25, 0.3) is 11.1 Å². The van der Waals surface area contributed by atoms with E-state index in [4.69, 9.17) is 21.1 Å². The largest absolute Gasteiger partial charge is 0.461 e. The van der Waals surface area contributed by atoms with Crippen molar-refractivity contribution in [3.05, 3.63) is 54.1 Å². The molecule has 198 valence electrons. The van der Waals surface area contributed by atoms with E-state index >= 15 is 0 Å². The predicted octanol–water partition coefficient (Wildman–Crippen LogP) is 8.99. The van der Waals surface area contributed by atoms with Crippen LogP contribution in [0.15, 0.2) is 48.5 Å². The van der Waals surface area contributed by atoms with Crippen molar-refractivity contribution in [1.29, 1.82) is 0 Å². The van der Waals surface area contributed by atoms with E-state index in [0.717, 1.165) is 24.0 Å². The Morgan fingerprint density at radius 2 is 1.25 bits per heavy atom. The van der Waals surface area contributed by atoms with Gasteiger partial charge in [0.15, 0.2) is 0 Å². The molecule has 0 amide bonds. The number of hydrogen-bond donors (Lipinski definition) is 0. The molecule has 0 bridgehead atoms.